The summed E-state index contributed by atoms with van der Waals surface area (Å²) in [4.78, 5) is 6.36. The van der Waals surface area contributed by atoms with Crippen LogP contribution in [-0.4, -0.2) is 16.9 Å². The molecule has 0 fully saturated rings. The van der Waals surface area contributed by atoms with Crippen LogP contribution in [0.1, 0.15) is 0 Å². The van der Waals surface area contributed by atoms with Gasteiger partial charge in [0.2, 0.25) is 0 Å². The predicted molar refractivity (Wildman–Crippen MR) is 89.6 cm³/mol. The minimum atomic E-state index is 0.769. The molecule has 0 bridgehead atoms. The van der Waals surface area contributed by atoms with Crippen LogP contribution >= 0.6 is 24.0 Å². The zero-order valence-corrected chi connectivity index (χ0v) is 12.2. The van der Waals surface area contributed by atoms with E-state index in [-0.39, 0.29) is 0 Å². The molecule has 96 valence electrons. The Hall–Kier alpha value is -1.65. The Morgan fingerprint density at radius 1 is 1.05 bits per heavy atom. The molecule has 0 atom stereocenters. The van der Waals surface area contributed by atoms with Crippen molar-refractivity contribution >= 4 is 46.0 Å². The first-order valence-corrected chi connectivity index (χ1v) is 7.46. The minimum absolute atomic E-state index is 0.769. The molecule has 0 aliphatic carbocycles. The molecule has 0 saturated carbocycles. The highest BCUT2D eigenvalue weighted by Gasteiger charge is 2.08. The maximum atomic E-state index is 5.37. The van der Waals surface area contributed by atoms with E-state index < -0.39 is 0 Å². The second kappa shape index (κ2) is 7.07. The Kier molecular flexibility index (Phi) is 5.12. The number of thioether (sulfide) groups is 1. The van der Waals surface area contributed by atoms with Crippen molar-refractivity contribution in [3.05, 3.63) is 60.7 Å². The van der Waals surface area contributed by atoms with Crippen LogP contribution in [0.2, 0.25) is 0 Å². The number of para-hydroxylation sites is 2. The lowest BCUT2D eigenvalue weighted by Gasteiger charge is -2.18. The topological polar surface area (TPSA) is 15.6 Å². The summed E-state index contributed by atoms with van der Waals surface area (Å²) in [5.74, 6) is 0. The zero-order valence-electron chi connectivity index (χ0n) is 10.6. The fraction of sp³-hybridized carbons (Fsp3) is 0.0667. The van der Waals surface area contributed by atoms with Crippen LogP contribution < -0.4 is 4.90 Å². The van der Waals surface area contributed by atoms with Crippen LogP contribution in [0.4, 0.5) is 11.4 Å². The summed E-state index contributed by atoms with van der Waals surface area (Å²) in [5, 5.41) is 0. The standard InChI is InChI=1S/C15H14N2S2/c1-19-15(18)17(14-10-6-3-7-11-14)12-16-13-8-4-2-5-9-13/h2-12H,1H3. The largest absolute Gasteiger partial charge is 0.286 e. The molecule has 0 radical (unpaired) electrons. The number of thiocarbonyl (C=S) groups is 1. The van der Waals surface area contributed by atoms with Crippen LogP contribution in [0.3, 0.4) is 0 Å². The molecular formula is C15H14N2S2. The van der Waals surface area contributed by atoms with Gasteiger partial charge in [0.25, 0.3) is 0 Å². The van der Waals surface area contributed by atoms with Gasteiger partial charge in [0.05, 0.1) is 5.69 Å². The van der Waals surface area contributed by atoms with Crippen LogP contribution in [0.25, 0.3) is 0 Å². The maximum absolute atomic E-state index is 5.37. The molecule has 2 nitrogen and oxygen atoms in total. The molecule has 0 aliphatic heterocycles. The van der Waals surface area contributed by atoms with Gasteiger partial charge < -0.3 is 0 Å². The Bertz CT molecular complexity index is 553. The summed E-state index contributed by atoms with van der Waals surface area (Å²) >= 11 is 6.90. The summed E-state index contributed by atoms with van der Waals surface area (Å²) in [6.45, 7) is 0. The van der Waals surface area contributed by atoms with Crippen molar-refractivity contribution in [3.8, 4) is 0 Å². The molecule has 2 rings (SSSR count). The van der Waals surface area contributed by atoms with E-state index in [4.69, 9.17) is 12.2 Å². The Labute approximate surface area is 123 Å². The van der Waals surface area contributed by atoms with Gasteiger partial charge in [-0.1, -0.05) is 60.4 Å². The molecule has 0 heterocycles. The first-order chi connectivity index (χ1) is 9.31. The molecule has 0 spiro atoms. The van der Waals surface area contributed by atoms with Gasteiger partial charge in [0.15, 0.2) is 0 Å². The summed E-state index contributed by atoms with van der Waals surface area (Å²) in [6, 6.07) is 19.8. The molecular weight excluding hydrogens is 272 g/mol. The van der Waals surface area contributed by atoms with E-state index in [0.29, 0.717) is 0 Å². The number of nitrogens with zero attached hydrogens (tertiary/aromatic N) is 2. The first kappa shape index (κ1) is 13.8. The van der Waals surface area contributed by atoms with Crippen LogP contribution in [0.15, 0.2) is 65.7 Å². The number of rotatable bonds is 3. The number of hydrogen-bond acceptors (Lipinski definition) is 3. The Morgan fingerprint density at radius 3 is 2.21 bits per heavy atom. The third-order valence-corrected chi connectivity index (χ3v) is 3.73. The van der Waals surface area contributed by atoms with Gasteiger partial charge in [0.1, 0.15) is 10.7 Å². The van der Waals surface area contributed by atoms with Gasteiger partial charge in [-0.15, -0.1) is 0 Å². The SMILES string of the molecule is CSC(=S)N(C=Nc1ccccc1)c1ccccc1. The van der Waals surface area contributed by atoms with E-state index in [1.165, 1.54) is 11.8 Å². The minimum Gasteiger partial charge on any atom is -0.286 e. The van der Waals surface area contributed by atoms with Gasteiger partial charge in [-0.05, 0) is 30.5 Å². The second-order valence-corrected chi connectivity index (χ2v) is 5.20. The molecule has 0 aromatic heterocycles. The van der Waals surface area contributed by atoms with Crippen molar-refractivity contribution in [2.75, 3.05) is 11.2 Å². The third kappa shape index (κ3) is 3.91. The van der Waals surface area contributed by atoms with Crippen molar-refractivity contribution in [1.82, 2.24) is 0 Å². The van der Waals surface area contributed by atoms with E-state index in [1.54, 1.807) is 6.34 Å². The van der Waals surface area contributed by atoms with Gasteiger partial charge >= 0.3 is 0 Å². The third-order valence-electron chi connectivity index (χ3n) is 2.48. The normalized spacial score (nSPS) is 10.6. The van der Waals surface area contributed by atoms with Gasteiger partial charge in [-0.3, -0.25) is 4.90 Å². The van der Waals surface area contributed by atoms with E-state index in [2.05, 4.69) is 4.99 Å². The zero-order chi connectivity index (χ0) is 13.5. The molecule has 0 N–H and O–H groups in total. The fourth-order valence-corrected chi connectivity index (χ4v) is 2.05. The lowest BCUT2D eigenvalue weighted by atomic mass is 10.3. The van der Waals surface area contributed by atoms with Gasteiger partial charge in [-0.25, -0.2) is 4.99 Å². The highest BCUT2D eigenvalue weighted by atomic mass is 32.2. The lowest BCUT2D eigenvalue weighted by molar-refractivity contribution is 1.45. The number of hydrogen-bond donors (Lipinski definition) is 0. The first-order valence-electron chi connectivity index (χ1n) is 5.83. The van der Waals surface area contributed by atoms with E-state index >= 15 is 0 Å². The molecule has 2 aromatic rings. The monoisotopic (exact) mass is 286 g/mol. The summed E-state index contributed by atoms with van der Waals surface area (Å²) in [5.41, 5.74) is 1.92. The van der Waals surface area contributed by atoms with Crippen molar-refractivity contribution in [1.29, 1.82) is 0 Å². The summed E-state index contributed by atoms with van der Waals surface area (Å²) in [7, 11) is 0. The average Bonchev–Trinajstić information content (AvgIpc) is 2.49. The summed E-state index contributed by atoms with van der Waals surface area (Å²) in [6.07, 6.45) is 3.73. The Balaban J connectivity index is 2.25. The second-order valence-electron chi connectivity index (χ2n) is 3.76. The van der Waals surface area contributed by atoms with Crippen molar-refractivity contribution in [2.45, 2.75) is 0 Å². The quantitative estimate of drug-likeness (QED) is 0.469. The molecule has 0 aliphatic rings. The van der Waals surface area contributed by atoms with Crippen LogP contribution in [-0.2, 0) is 0 Å². The number of aliphatic imine (C=N–C) groups is 1. The molecule has 2 aromatic carbocycles. The molecule has 19 heavy (non-hydrogen) atoms. The van der Waals surface area contributed by atoms with Crippen molar-refractivity contribution in [3.63, 3.8) is 0 Å². The van der Waals surface area contributed by atoms with Crippen LogP contribution in [0, 0.1) is 0 Å². The van der Waals surface area contributed by atoms with Gasteiger partial charge in [0, 0.05) is 5.69 Å². The molecule has 4 heteroatoms. The maximum Gasteiger partial charge on any atom is 0.145 e. The molecule has 0 unspecified atom stereocenters. The van der Waals surface area contributed by atoms with Crippen molar-refractivity contribution in [2.24, 2.45) is 4.99 Å². The van der Waals surface area contributed by atoms with E-state index in [9.17, 15) is 0 Å². The fourth-order valence-electron chi connectivity index (χ4n) is 1.54. The predicted octanol–water partition coefficient (Wildman–Crippen LogP) is 4.50. The lowest BCUT2D eigenvalue weighted by Crippen LogP contribution is -2.24. The smallest absolute Gasteiger partial charge is 0.145 e. The highest BCUT2D eigenvalue weighted by Crippen LogP contribution is 2.18. The van der Waals surface area contributed by atoms with E-state index in [0.717, 1.165) is 15.7 Å². The highest BCUT2D eigenvalue weighted by molar-refractivity contribution is 8.23. The van der Waals surface area contributed by atoms with E-state index in [1.807, 2.05) is 71.8 Å². The number of benzene rings is 2. The van der Waals surface area contributed by atoms with Crippen molar-refractivity contribution < 1.29 is 0 Å². The summed E-state index contributed by atoms with van der Waals surface area (Å²) < 4.78 is 0.769. The van der Waals surface area contributed by atoms with Gasteiger partial charge in [-0.2, -0.15) is 0 Å². The molecule has 0 saturated heterocycles. The average molecular weight is 286 g/mol. The Morgan fingerprint density at radius 2 is 1.63 bits per heavy atom. The number of anilines is 1. The molecule has 0 amide bonds. The van der Waals surface area contributed by atoms with Crippen LogP contribution in [0.5, 0.6) is 0 Å².